The second-order valence-corrected chi connectivity index (χ2v) is 18.1. The topological polar surface area (TPSA) is 108 Å². The fourth-order valence-corrected chi connectivity index (χ4v) is 6.74. The van der Waals surface area contributed by atoms with E-state index in [1.807, 2.05) is 21.1 Å². The number of hydrogen-bond donors (Lipinski definition) is 1. The number of carbonyl (C=O) groups is 3. The third-order valence-corrected chi connectivity index (χ3v) is 10.7. The molecule has 0 aliphatic carbocycles. The smallest absolute Gasteiger partial charge is 0.361 e. The van der Waals surface area contributed by atoms with Gasteiger partial charge in [-0.1, -0.05) is 177 Å². The van der Waals surface area contributed by atoms with E-state index in [2.05, 4.69) is 86.8 Å². The molecule has 0 aromatic rings. The third kappa shape index (κ3) is 46.7. The normalized spacial score (nSPS) is 13.5. The highest BCUT2D eigenvalue weighted by Crippen LogP contribution is 2.14. The Kier molecular flexibility index (Phi) is 43.9. The molecule has 0 amide bonds. The number of likely N-dealkylation sites (N-methyl/N-ethyl adjacent to an activating group) is 1. The quantitative estimate of drug-likeness (QED) is 0.0212. The van der Waals surface area contributed by atoms with Gasteiger partial charge in [0.05, 0.1) is 34.4 Å². The summed E-state index contributed by atoms with van der Waals surface area (Å²) in [5.74, 6) is -2.03. The molecule has 0 bridgehead atoms. The van der Waals surface area contributed by atoms with Crippen molar-refractivity contribution in [2.24, 2.45) is 0 Å². The molecule has 0 fully saturated rings. The molecule has 0 saturated carbocycles. The van der Waals surface area contributed by atoms with Crippen molar-refractivity contribution in [3.8, 4) is 0 Å². The van der Waals surface area contributed by atoms with Crippen LogP contribution in [0, 0.1) is 0 Å². The van der Waals surface area contributed by atoms with Crippen LogP contribution in [0.5, 0.6) is 0 Å². The number of rotatable bonds is 46. The summed E-state index contributed by atoms with van der Waals surface area (Å²) in [6, 6.07) is 0. The molecule has 2 unspecified atom stereocenters. The predicted octanol–water partition coefficient (Wildman–Crippen LogP) is 14.3. The number of carboxylic acid groups (broad SMARTS) is 1. The number of aliphatic carboxylic acids is 1. The third-order valence-electron chi connectivity index (χ3n) is 10.7. The average molecular weight is 899 g/mol. The molecule has 0 aromatic carbocycles. The van der Waals surface area contributed by atoms with Crippen LogP contribution in [-0.2, 0) is 33.3 Å². The highest BCUT2D eigenvalue weighted by molar-refractivity contribution is 5.71. The van der Waals surface area contributed by atoms with Gasteiger partial charge in [0.25, 0.3) is 6.29 Å². The van der Waals surface area contributed by atoms with E-state index in [9.17, 15) is 19.5 Å². The van der Waals surface area contributed by atoms with Crippen molar-refractivity contribution in [2.75, 3.05) is 47.5 Å². The molecule has 0 saturated heterocycles. The first-order valence-corrected chi connectivity index (χ1v) is 25.6. The van der Waals surface area contributed by atoms with Gasteiger partial charge in [-0.2, -0.15) is 0 Å². The first-order valence-electron chi connectivity index (χ1n) is 25.6. The zero-order chi connectivity index (χ0) is 47.0. The van der Waals surface area contributed by atoms with Gasteiger partial charge in [-0.05, 0) is 83.5 Å². The lowest BCUT2D eigenvalue weighted by molar-refractivity contribution is -0.870. The van der Waals surface area contributed by atoms with Crippen LogP contribution in [0.3, 0.4) is 0 Å². The fraction of sp³-hybridized carbons (Fsp3) is 0.727. The van der Waals surface area contributed by atoms with E-state index in [0.717, 1.165) is 96.3 Å². The Hall–Kier alpha value is -3.27. The van der Waals surface area contributed by atoms with Crippen LogP contribution in [-0.4, -0.2) is 87.4 Å². The summed E-state index contributed by atoms with van der Waals surface area (Å²) in [5, 5.41) is 9.66. The van der Waals surface area contributed by atoms with Gasteiger partial charge in [-0.25, -0.2) is 4.79 Å². The van der Waals surface area contributed by atoms with E-state index in [1.54, 1.807) is 0 Å². The van der Waals surface area contributed by atoms with Crippen molar-refractivity contribution in [3.05, 3.63) is 72.9 Å². The molecule has 0 heterocycles. The van der Waals surface area contributed by atoms with Gasteiger partial charge in [0.2, 0.25) is 0 Å². The number of carbonyl (C=O) groups excluding carboxylic acids is 2. The molecule has 368 valence electrons. The van der Waals surface area contributed by atoms with Crippen LogP contribution in [0.1, 0.15) is 200 Å². The summed E-state index contributed by atoms with van der Waals surface area (Å²) in [6.45, 7) is 4.73. The van der Waals surface area contributed by atoms with E-state index in [1.165, 1.54) is 70.6 Å². The molecule has 0 rings (SSSR count). The highest BCUT2D eigenvalue weighted by Gasteiger charge is 2.25. The maximum atomic E-state index is 12.8. The minimum Gasteiger partial charge on any atom is -0.477 e. The Morgan fingerprint density at radius 1 is 0.484 bits per heavy atom. The maximum Gasteiger partial charge on any atom is 0.361 e. The van der Waals surface area contributed by atoms with E-state index in [4.69, 9.17) is 18.9 Å². The first-order chi connectivity index (χ1) is 31.1. The van der Waals surface area contributed by atoms with Crippen LogP contribution < -0.4 is 0 Å². The van der Waals surface area contributed by atoms with Gasteiger partial charge in [-0.15, -0.1) is 0 Å². The molecule has 0 aliphatic heterocycles. The molecular weight excluding hydrogens is 803 g/mol. The Morgan fingerprint density at radius 3 is 1.34 bits per heavy atom. The number of carboxylic acids is 1. The average Bonchev–Trinajstić information content (AvgIpc) is 3.26. The Labute approximate surface area is 392 Å². The van der Waals surface area contributed by atoms with E-state index in [-0.39, 0.29) is 38.6 Å². The predicted molar refractivity (Wildman–Crippen MR) is 267 cm³/mol. The van der Waals surface area contributed by atoms with Crippen molar-refractivity contribution in [3.63, 3.8) is 0 Å². The van der Waals surface area contributed by atoms with Gasteiger partial charge < -0.3 is 28.5 Å². The summed E-state index contributed by atoms with van der Waals surface area (Å²) in [6.07, 6.45) is 55.3. The monoisotopic (exact) mass is 899 g/mol. The molecule has 64 heavy (non-hydrogen) atoms. The lowest BCUT2D eigenvalue weighted by Crippen LogP contribution is -2.40. The summed E-state index contributed by atoms with van der Waals surface area (Å²) in [5.41, 5.74) is 0. The van der Waals surface area contributed by atoms with Gasteiger partial charge in [0.1, 0.15) is 13.2 Å². The number of quaternary nitrogens is 1. The summed E-state index contributed by atoms with van der Waals surface area (Å²) >= 11 is 0. The summed E-state index contributed by atoms with van der Waals surface area (Å²) < 4.78 is 22.8. The molecular formula is C55H96NO8+. The van der Waals surface area contributed by atoms with E-state index < -0.39 is 24.3 Å². The second-order valence-electron chi connectivity index (χ2n) is 18.1. The molecule has 2 atom stereocenters. The zero-order valence-corrected chi connectivity index (χ0v) is 41.7. The van der Waals surface area contributed by atoms with Gasteiger partial charge in [0.15, 0.2) is 6.10 Å². The fourth-order valence-electron chi connectivity index (χ4n) is 6.74. The Morgan fingerprint density at radius 2 is 0.891 bits per heavy atom. The number of esters is 2. The molecule has 0 spiro atoms. The van der Waals surface area contributed by atoms with E-state index in [0.29, 0.717) is 17.4 Å². The zero-order valence-electron chi connectivity index (χ0n) is 41.7. The van der Waals surface area contributed by atoms with Gasteiger partial charge in [-0.3, -0.25) is 9.59 Å². The van der Waals surface area contributed by atoms with Crippen molar-refractivity contribution in [2.45, 2.75) is 212 Å². The number of nitrogens with zero attached hydrogens (tertiary/aromatic N) is 1. The first kappa shape index (κ1) is 60.7. The van der Waals surface area contributed by atoms with Gasteiger partial charge in [0, 0.05) is 12.8 Å². The summed E-state index contributed by atoms with van der Waals surface area (Å²) in [4.78, 5) is 37.2. The number of ether oxygens (including phenoxy) is 4. The van der Waals surface area contributed by atoms with Crippen LogP contribution in [0.4, 0.5) is 0 Å². The number of hydrogen-bond acceptors (Lipinski definition) is 7. The molecule has 1 N–H and O–H groups in total. The Balaban J connectivity index is 4.34. The molecule has 0 radical (unpaired) electrons. The van der Waals surface area contributed by atoms with Crippen molar-refractivity contribution in [1.29, 1.82) is 0 Å². The highest BCUT2D eigenvalue weighted by atomic mass is 16.7. The van der Waals surface area contributed by atoms with Crippen molar-refractivity contribution < 1.29 is 42.9 Å². The lowest BCUT2D eigenvalue weighted by Gasteiger charge is -2.25. The second kappa shape index (κ2) is 46.3. The number of unbranched alkanes of at least 4 members (excludes halogenated alkanes) is 19. The molecule has 9 heteroatoms. The van der Waals surface area contributed by atoms with Crippen LogP contribution in [0.25, 0.3) is 0 Å². The molecule has 0 aromatic heterocycles. The minimum atomic E-state index is -1.52. The van der Waals surface area contributed by atoms with E-state index >= 15 is 0 Å². The lowest BCUT2D eigenvalue weighted by atomic mass is 10.1. The largest absolute Gasteiger partial charge is 0.477 e. The summed E-state index contributed by atoms with van der Waals surface area (Å²) in [7, 11) is 5.95. The minimum absolute atomic E-state index is 0.182. The van der Waals surface area contributed by atoms with Crippen LogP contribution >= 0.6 is 0 Å². The Bertz CT molecular complexity index is 1280. The number of allylic oxidation sites excluding steroid dienone is 12. The van der Waals surface area contributed by atoms with Gasteiger partial charge >= 0.3 is 17.9 Å². The van der Waals surface area contributed by atoms with Crippen LogP contribution in [0.2, 0.25) is 0 Å². The SMILES string of the molecule is CC/C=C\C/C=C\C/C=C\C/C=C\C/C=C\CCCCCCCCCCCC(=O)OC(COC(=O)CCCCCCC/C=C\CCCCCCC)COC(OCC[N+](C)(C)C)C(=O)O. The maximum absolute atomic E-state index is 12.8. The van der Waals surface area contributed by atoms with Crippen molar-refractivity contribution in [1.82, 2.24) is 0 Å². The van der Waals surface area contributed by atoms with Crippen molar-refractivity contribution >= 4 is 17.9 Å². The van der Waals surface area contributed by atoms with Crippen LogP contribution in [0.15, 0.2) is 72.9 Å². The molecule has 0 aliphatic rings. The standard InChI is InChI=1S/C55H95NO8/c1-6-8-10-12-14-16-18-20-22-23-24-25-26-27-28-29-30-31-32-34-36-38-40-42-44-46-53(58)64-51(50-63-55(54(59)60)61-48-47-56(3,4)5)49-62-52(57)45-43-41-39-37-35-33-21-19-17-15-13-11-9-7-2/h8,10,14,16,19-22,24-25,27-28,51,55H,6-7,9,11-13,15,17-18,23,26,29-50H2,1-5H3/p+1/b10-8-,16-14-,21-19-,22-20-,25-24-,28-27-. The molecule has 9 nitrogen and oxygen atoms in total.